The zero-order chi connectivity index (χ0) is 23.5. The van der Waals surface area contributed by atoms with Crippen LogP contribution in [0.25, 0.3) is 10.9 Å². The third-order valence-electron chi connectivity index (χ3n) is 7.19. The number of pyridine rings is 1. The van der Waals surface area contributed by atoms with Crippen molar-refractivity contribution in [2.45, 2.75) is 31.5 Å². The Hall–Kier alpha value is -2.45. The van der Waals surface area contributed by atoms with Crippen LogP contribution in [0.3, 0.4) is 0 Å². The molecule has 1 unspecified atom stereocenters. The van der Waals surface area contributed by atoms with Crippen LogP contribution in [0.4, 0.5) is 0 Å². The Morgan fingerprint density at radius 3 is 2.82 bits per heavy atom. The molecule has 2 aliphatic heterocycles. The summed E-state index contributed by atoms with van der Waals surface area (Å²) >= 11 is 6.61. The molecule has 1 N–H and O–H groups in total. The third kappa shape index (κ3) is 4.84. The number of rotatable bonds is 7. The first-order valence-corrected chi connectivity index (χ1v) is 12.5. The largest absolute Gasteiger partial charge is 0.379 e. The smallest absolute Gasteiger partial charge is 0.253 e. The maximum absolute atomic E-state index is 13.5. The fourth-order valence-corrected chi connectivity index (χ4v) is 5.54. The Bertz CT molecular complexity index is 1130. The van der Waals surface area contributed by atoms with Gasteiger partial charge in [-0.3, -0.25) is 14.7 Å². The molecule has 0 radical (unpaired) electrons. The van der Waals surface area contributed by atoms with Gasteiger partial charge in [-0.05, 0) is 50.2 Å². The highest BCUT2D eigenvalue weighted by Crippen LogP contribution is 2.30. The molecular formula is C26H32ClN5O2. The summed E-state index contributed by atoms with van der Waals surface area (Å²) in [4.78, 5) is 22.5. The lowest BCUT2D eigenvalue weighted by Crippen LogP contribution is -2.43. The number of carbonyl (C=O) groups is 1. The fourth-order valence-electron chi connectivity index (χ4n) is 5.27. The molecule has 4 heterocycles. The number of benzene rings is 1. The Morgan fingerprint density at radius 2 is 2.09 bits per heavy atom. The molecule has 0 bridgehead atoms. The number of hydrogen-bond acceptors (Lipinski definition) is 5. The second-order valence-corrected chi connectivity index (χ2v) is 9.67. The van der Waals surface area contributed by atoms with Crippen molar-refractivity contribution in [3.63, 3.8) is 0 Å². The van der Waals surface area contributed by atoms with E-state index < -0.39 is 0 Å². The summed E-state index contributed by atoms with van der Waals surface area (Å²) < 4.78 is 7.74. The summed E-state index contributed by atoms with van der Waals surface area (Å²) in [5.41, 5.74) is 2.73. The SMILES string of the molecule is CN1CCC[C@H]1Cn1cc(C(=O)NCC(c2cccnc2)N2CCOCC2)c2c(Cl)cccc21. The van der Waals surface area contributed by atoms with Crippen LogP contribution >= 0.6 is 11.6 Å². The second-order valence-electron chi connectivity index (χ2n) is 9.27. The number of fused-ring (bicyclic) bond motifs is 1. The van der Waals surface area contributed by atoms with Crippen molar-refractivity contribution in [1.82, 2.24) is 24.7 Å². The standard InChI is InChI=1S/C26H32ClN5O2/c1-30-10-4-6-20(30)17-32-18-21(25-22(27)7-2-8-23(25)32)26(33)29-16-24(19-5-3-9-28-15-19)31-11-13-34-14-12-31/h2-3,5,7-9,15,18,20,24H,4,6,10-14,16-17H2,1H3,(H,29,33)/t20-,24?/m0/s1. The van der Waals surface area contributed by atoms with Crippen molar-refractivity contribution >= 4 is 28.4 Å². The first kappa shape index (κ1) is 23.3. The number of amides is 1. The number of hydrogen-bond donors (Lipinski definition) is 1. The molecular weight excluding hydrogens is 450 g/mol. The van der Waals surface area contributed by atoms with Crippen LogP contribution in [0.1, 0.15) is 34.8 Å². The van der Waals surface area contributed by atoms with Gasteiger partial charge in [-0.1, -0.05) is 23.7 Å². The molecule has 1 aromatic carbocycles. The van der Waals surface area contributed by atoms with Crippen molar-refractivity contribution in [2.75, 3.05) is 46.4 Å². The highest BCUT2D eigenvalue weighted by Gasteiger charge is 2.26. The van der Waals surface area contributed by atoms with Gasteiger partial charge in [-0.15, -0.1) is 0 Å². The summed E-state index contributed by atoms with van der Waals surface area (Å²) in [6.07, 6.45) is 8.02. The van der Waals surface area contributed by atoms with Crippen LogP contribution in [-0.4, -0.2) is 77.7 Å². The van der Waals surface area contributed by atoms with E-state index in [0.717, 1.165) is 42.6 Å². The lowest BCUT2D eigenvalue weighted by molar-refractivity contribution is 0.0161. The molecule has 34 heavy (non-hydrogen) atoms. The number of morpholine rings is 1. The van der Waals surface area contributed by atoms with E-state index in [9.17, 15) is 4.79 Å². The molecule has 2 fully saturated rings. The molecule has 7 nitrogen and oxygen atoms in total. The lowest BCUT2D eigenvalue weighted by Gasteiger charge is -2.34. The van der Waals surface area contributed by atoms with Gasteiger partial charge in [0, 0.05) is 56.2 Å². The molecule has 2 saturated heterocycles. The topological polar surface area (TPSA) is 62.6 Å². The highest BCUT2D eigenvalue weighted by molar-refractivity contribution is 6.36. The van der Waals surface area contributed by atoms with Gasteiger partial charge in [0.2, 0.25) is 0 Å². The average Bonchev–Trinajstić information content (AvgIpc) is 3.45. The van der Waals surface area contributed by atoms with E-state index in [1.807, 2.05) is 30.6 Å². The number of nitrogens with zero attached hydrogens (tertiary/aromatic N) is 4. The van der Waals surface area contributed by atoms with Crippen LogP contribution in [0.15, 0.2) is 48.9 Å². The number of likely N-dealkylation sites (N-methyl/N-ethyl adjacent to an activating group) is 1. The zero-order valence-corrected chi connectivity index (χ0v) is 20.4. The maximum atomic E-state index is 13.5. The number of nitrogens with one attached hydrogen (secondary N) is 1. The van der Waals surface area contributed by atoms with Gasteiger partial charge in [0.25, 0.3) is 5.91 Å². The summed E-state index contributed by atoms with van der Waals surface area (Å²) in [7, 11) is 2.17. The van der Waals surface area contributed by atoms with E-state index in [1.54, 1.807) is 6.20 Å². The Kier molecular flexibility index (Phi) is 7.15. The van der Waals surface area contributed by atoms with Crippen LogP contribution < -0.4 is 5.32 Å². The molecule has 180 valence electrons. The summed E-state index contributed by atoms with van der Waals surface area (Å²) in [6, 6.07) is 10.4. The van der Waals surface area contributed by atoms with Gasteiger partial charge in [-0.2, -0.15) is 0 Å². The Morgan fingerprint density at radius 1 is 1.24 bits per heavy atom. The van der Waals surface area contributed by atoms with Crippen molar-refractivity contribution < 1.29 is 9.53 Å². The van der Waals surface area contributed by atoms with E-state index in [-0.39, 0.29) is 11.9 Å². The highest BCUT2D eigenvalue weighted by atomic mass is 35.5. The van der Waals surface area contributed by atoms with Gasteiger partial charge >= 0.3 is 0 Å². The monoisotopic (exact) mass is 481 g/mol. The maximum Gasteiger partial charge on any atom is 0.253 e. The fraction of sp³-hybridized carbons (Fsp3) is 0.462. The number of carbonyl (C=O) groups excluding carboxylic acids is 1. The number of aromatic nitrogens is 2. The molecule has 5 rings (SSSR count). The molecule has 3 aromatic rings. The van der Waals surface area contributed by atoms with Gasteiger partial charge in [0.1, 0.15) is 0 Å². The van der Waals surface area contributed by atoms with Crippen LogP contribution in [0.2, 0.25) is 5.02 Å². The molecule has 2 aromatic heterocycles. The average molecular weight is 482 g/mol. The van der Waals surface area contributed by atoms with E-state index >= 15 is 0 Å². The van der Waals surface area contributed by atoms with E-state index in [1.165, 1.54) is 12.8 Å². The van der Waals surface area contributed by atoms with Crippen molar-refractivity contribution in [1.29, 1.82) is 0 Å². The van der Waals surface area contributed by atoms with E-state index in [2.05, 4.69) is 43.8 Å². The Labute approximate surface area is 205 Å². The predicted molar refractivity (Wildman–Crippen MR) is 134 cm³/mol. The number of likely N-dealkylation sites (tertiary alicyclic amines) is 1. The second kappa shape index (κ2) is 10.4. The zero-order valence-electron chi connectivity index (χ0n) is 19.6. The van der Waals surface area contributed by atoms with Gasteiger partial charge < -0.3 is 19.5 Å². The number of ether oxygens (including phenoxy) is 1. The lowest BCUT2D eigenvalue weighted by atomic mass is 10.1. The molecule has 0 aliphatic carbocycles. The molecule has 0 saturated carbocycles. The normalized spacial score (nSPS) is 20.6. The molecule has 2 aliphatic rings. The Balaban J connectivity index is 1.39. The quantitative estimate of drug-likeness (QED) is 0.558. The van der Waals surface area contributed by atoms with Gasteiger partial charge in [-0.25, -0.2) is 0 Å². The van der Waals surface area contributed by atoms with E-state index in [0.29, 0.717) is 36.4 Å². The van der Waals surface area contributed by atoms with Gasteiger partial charge in [0.15, 0.2) is 0 Å². The molecule has 8 heteroatoms. The molecule has 0 spiro atoms. The first-order valence-electron chi connectivity index (χ1n) is 12.1. The van der Waals surface area contributed by atoms with Crippen molar-refractivity contribution in [2.24, 2.45) is 0 Å². The summed E-state index contributed by atoms with van der Waals surface area (Å²) in [5.74, 6) is -0.0984. The minimum absolute atomic E-state index is 0.0394. The molecule has 1 amide bonds. The minimum atomic E-state index is -0.0984. The molecule has 2 atom stereocenters. The van der Waals surface area contributed by atoms with E-state index in [4.69, 9.17) is 16.3 Å². The van der Waals surface area contributed by atoms with Crippen molar-refractivity contribution in [3.05, 3.63) is 65.1 Å². The van der Waals surface area contributed by atoms with Crippen LogP contribution in [-0.2, 0) is 11.3 Å². The summed E-state index contributed by atoms with van der Waals surface area (Å²) in [5, 5.41) is 4.63. The number of halogens is 1. The summed E-state index contributed by atoms with van der Waals surface area (Å²) in [6.45, 7) is 5.52. The van der Waals surface area contributed by atoms with Gasteiger partial charge in [0.05, 0.1) is 35.4 Å². The van der Waals surface area contributed by atoms with Crippen LogP contribution in [0.5, 0.6) is 0 Å². The predicted octanol–water partition coefficient (Wildman–Crippen LogP) is 3.59. The third-order valence-corrected chi connectivity index (χ3v) is 7.51. The minimum Gasteiger partial charge on any atom is -0.379 e. The van der Waals surface area contributed by atoms with Crippen molar-refractivity contribution in [3.8, 4) is 0 Å². The van der Waals surface area contributed by atoms with Crippen LogP contribution in [0, 0.1) is 0 Å². The first-order chi connectivity index (χ1) is 16.6.